The minimum absolute atomic E-state index is 0.0181. The molecule has 1 aliphatic rings. The number of ether oxygens (including phenoxy) is 1. The van der Waals surface area contributed by atoms with Crippen molar-refractivity contribution in [3.63, 3.8) is 0 Å². The van der Waals surface area contributed by atoms with Crippen LogP contribution < -0.4 is 20.3 Å². The Labute approximate surface area is 236 Å². The second-order valence-electron chi connectivity index (χ2n) is 9.87. The Balaban J connectivity index is 1.53. The molecule has 0 saturated carbocycles. The van der Waals surface area contributed by atoms with Crippen molar-refractivity contribution in [1.29, 1.82) is 5.26 Å². The lowest BCUT2D eigenvalue weighted by molar-refractivity contribution is 0.102. The van der Waals surface area contributed by atoms with Crippen LogP contribution in [0.25, 0.3) is 22.5 Å². The number of aliphatic hydroxyl groups excluding tert-OH is 1. The van der Waals surface area contributed by atoms with Gasteiger partial charge in [0.15, 0.2) is 5.82 Å². The summed E-state index contributed by atoms with van der Waals surface area (Å²) in [5.41, 5.74) is 2.64. The number of carbonyl (C=O) groups is 1. The maximum absolute atomic E-state index is 14.7. The van der Waals surface area contributed by atoms with Gasteiger partial charge in [0.2, 0.25) is 0 Å². The smallest absolute Gasteiger partial charge is 0.274 e. The number of aromatic nitrogens is 3. The predicted octanol–water partition coefficient (Wildman–Crippen LogP) is 3.64. The summed E-state index contributed by atoms with van der Waals surface area (Å²) in [6.07, 6.45) is 4.58. The zero-order valence-electron chi connectivity index (χ0n) is 22.6. The van der Waals surface area contributed by atoms with Crippen LogP contribution in [-0.4, -0.2) is 64.9 Å². The van der Waals surface area contributed by atoms with Gasteiger partial charge in [0.25, 0.3) is 5.91 Å². The third-order valence-electron chi connectivity index (χ3n) is 6.97. The molecule has 5 rings (SSSR count). The van der Waals surface area contributed by atoms with E-state index in [1.54, 1.807) is 36.7 Å². The second kappa shape index (κ2) is 11.7. The van der Waals surface area contributed by atoms with Crippen LogP contribution in [0.2, 0.25) is 0 Å². The van der Waals surface area contributed by atoms with Crippen molar-refractivity contribution in [1.82, 2.24) is 20.3 Å². The molecule has 0 aliphatic carbocycles. The Morgan fingerprint density at radius 3 is 2.90 bits per heavy atom. The molecule has 1 fully saturated rings. The summed E-state index contributed by atoms with van der Waals surface area (Å²) in [7, 11) is 1.42. The molecule has 0 bridgehead atoms. The molecule has 1 amide bonds. The summed E-state index contributed by atoms with van der Waals surface area (Å²) in [5.74, 6) is -0.822. The summed E-state index contributed by atoms with van der Waals surface area (Å²) in [5, 5.41) is 25.9. The molecule has 0 radical (unpaired) electrons. The highest BCUT2D eigenvalue weighted by atomic mass is 19.1. The molecule has 41 heavy (non-hydrogen) atoms. The molecule has 2 aromatic carbocycles. The Bertz CT molecular complexity index is 1640. The van der Waals surface area contributed by atoms with Crippen molar-refractivity contribution < 1.29 is 19.0 Å². The fourth-order valence-corrected chi connectivity index (χ4v) is 4.83. The van der Waals surface area contributed by atoms with Crippen molar-refractivity contribution >= 4 is 17.3 Å². The summed E-state index contributed by atoms with van der Waals surface area (Å²) >= 11 is 0. The number of rotatable bonds is 7. The van der Waals surface area contributed by atoms with Gasteiger partial charge in [0.05, 0.1) is 47.8 Å². The topological polar surface area (TPSA) is 136 Å². The van der Waals surface area contributed by atoms with Gasteiger partial charge in [-0.2, -0.15) is 5.26 Å². The number of hydrogen-bond acceptors (Lipinski definition) is 9. The van der Waals surface area contributed by atoms with E-state index in [1.807, 2.05) is 13.0 Å². The lowest BCUT2D eigenvalue weighted by atomic mass is 9.97. The number of methoxy groups -OCH3 is 1. The molecule has 208 valence electrons. The average molecular weight is 554 g/mol. The van der Waals surface area contributed by atoms with Gasteiger partial charge < -0.3 is 25.4 Å². The molecular formula is C30H28FN7O3. The highest BCUT2D eigenvalue weighted by Gasteiger charge is 2.31. The van der Waals surface area contributed by atoms with Crippen molar-refractivity contribution in [2.45, 2.75) is 12.5 Å². The Morgan fingerprint density at radius 1 is 1.27 bits per heavy atom. The number of benzene rings is 2. The maximum atomic E-state index is 14.7. The monoisotopic (exact) mass is 553 g/mol. The molecule has 11 heteroatoms. The fourth-order valence-electron chi connectivity index (χ4n) is 4.83. The lowest BCUT2D eigenvalue weighted by Gasteiger charge is -2.42. The van der Waals surface area contributed by atoms with E-state index in [9.17, 15) is 19.6 Å². The quantitative estimate of drug-likeness (QED) is 0.313. The van der Waals surface area contributed by atoms with Crippen LogP contribution >= 0.6 is 0 Å². The van der Waals surface area contributed by atoms with E-state index in [0.717, 1.165) is 5.56 Å². The zero-order valence-corrected chi connectivity index (χ0v) is 22.6. The van der Waals surface area contributed by atoms with Gasteiger partial charge in [-0.25, -0.2) is 14.4 Å². The Kier molecular flexibility index (Phi) is 7.87. The summed E-state index contributed by atoms with van der Waals surface area (Å²) in [4.78, 5) is 28.2. The molecule has 0 spiro atoms. The summed E-state index contributed by atoms with van der Waals surface area (Å²) in [6, 6.07) is 15.1. The van der Waals surface area contributed by atoms with Crippen LogP contribution in [0.15, 0.2) is 67.1 Å². The van der Waals surface area contributed by atoms with Gasteiger partial charge in [-0.15, -0.1) is 0 Å². The standard InChI is InChI=1S/C30H28FN7O3/c1-30(18-39)17-38(13-12-35-30)25-14-19(21-16-33-10-8-20(21)15-32)6-7-23(25)37-29(40)24-9-11-34-28(36-24)27-22(31)4-3-5-26(27)41-2/h3-11,14,16,35,39H,12-13,17-18H2,1-2H3,(H,37,40)/t30-/m0/s1. The molecule has 0 unspecified atom stereocenters. The first kappa shape index (κ1) is 27.6. The van der Waals surface area contributed by atoms with Crippen molar-refractivity contribution in [2.24, 2.45) is 0 Å². The third kappa shape index (κ3) is 5.70. The van der Waals surface area contributed by atoms with Crippen molar-refractivity contribution in [3.05, 3.63) is 84.2 Å². The van der Waals surface area contributed by atoms with Gasteiger partial charge in [-0.3, -0.25) is 9.78 Å². The first-order valence-corrected chi connectivity index (χ1v) is 12.9. The highest BCUT2D eigenvalue weighted by Crippen LogP contribution is 2.35. The van der Waals surface area contributed by atoms with Crippen LogP contribution in [0.4, 0.5) is 15.8 Å². The number of hydrogen-bond donors (Lipinski definition) is 3. The number of nitriles is 1. The lowest BCUT2D eigenvalue weighted by Crippen LogP contribution is -2.61. The molecule has 4 aromatic rings. The number of anilines is 2. The number of amides is 1. The number of nitrogens with one attached hydrogen (secondary N) is 2. The van der Waals surface area contributed by atoms with Crippen LogP contribution in [0.1, 0.15) is 23.0 Å². The van der Waals surface area contributed by atoms with Gasteiger partial charge in [0.1, 0.15) is 17.3 Å². The van der Waals surface area contributed by atoms with Crippen LogP contribution in [-0.2, 0) is 0 Å². The molecule has 10 nitrogen and oxygen atoms in total. The third-order valence-corrected chi connectivity index (χ3v) is 6.97. The number of aliphatic hydroxyl groups is 1. The first-order chi connectivity index (χ1) is 19.9. The Morgan fingerprint density at radius 2 is 2.12 bits per heavy atom. The number of carbonyl (C=O) groups excluding carboxylic acids is 1. The molecule has 1 atom stereocenters. The minimum atomic E-state index is -0.572. The largest absolute Gasteiger partial charge is 0.496 e. The van der Waals surface area contributed by atoms with Crippen LogP contribution in [0, 0.1) is 17.1 Å². The van der Waals surface area contributed by atoms with E-state index in [-0.39, 0.29) is 29.4 Å². The van der Waals surface area contributed by atoms with Gasteiger partial charge in [0, 0.05) is 43.8 Å². The summed E-state index contributed by atoms with van der Waals surface area (Å²) in [6.45, 7) is 3.55. The SMILES string of the molecule is COc1cccc(F)c1-c1nccc(C(=O)Nc2ccc(-c3cnccc3C#N)cc2N2CCN[C@](C)(CO)C2)n1. The van der Waals surface area contributed by atoms with E-state index >= 15 is 0 Å². The van der Waals surface area contributed by atoms with Crippen LogP contribution in [0.3, 0.4) is 0 Å². The highest BCUT2D eigenvalue weighted by molar-refractivity contribution is 6.05. The molecule has 3 N–H and O–H groups in total. The first-order valence-electron chi connectivity index (χ1n) is 12.9. The molecule has 1 aliphatic heterocycles. The van der Waals surface area contributed by atoms with Crippen molar-refractivity contribution in [2.75, 3.05) is 43.6 Å². The van der Waals surface area contributed by atoms with Crippen LogP contribution in [0.5, 0.6) is 5.75 Å². The predicted molar refractivity (Wildman–Crippen MR) is 152 cm³/mol. The van der Waals surface area contributed by atoms with E-state index in [0.29, 0.717) is 42.1 Å². The van der Waals surface area contributed by atoms with E-state index in [2.05, 4.69) is 36.6 Å². The second-order valence-corrected chi connectivity index (χ2v) is 9.87. The van der Waals surface area contributed by atoms with E-state index in [4.69, 9.17) is 4.74 Å². The van der Waals surface area contributed by atoms with Gasteiger partial charge in [-0.1, -0.05) is 12.1 Å². The molecular weight excluding hydrogens is 525 g/mol. The number of halogens is 1. The molecule has 2 aromatic heterocycles. The van der Waals surface area contributed by atoms with Crippen molar-refractivity contribution in [3.8, 4) is 34.3 Å². The normalized spacial score (nSPS) is 16.6. The van der Waals surface area contributed by atoms with E-state index in [1.165, 1.54) is 31.5 Å². The zero-order chi connectivity index (χ0) is 29.0. The van der Waals surface area contributed by atoms with Gasteiger partial charge >= 0.3 is 0 Å². The summed E-state index contributed by atoms with van der Waals surface area (Å²) < 4.78 is 19.9. The minimum Gasteiger partial charge on any atom is -0.496 e. The molecule has 3 heterocycles. The van der Waals surface area contributed by atoms with E-state index < -0.39 is 17.3 Å². The number of pyridine rings is 1. The average Bonchev–Trinajstić information content (AvgIpc) is 3.01. The Hall–Kier alpha value is -4.92. The number of piperazine rings is 1. The number of nitrogens with zero attached hydrogens (tertiary/aromatic N) is 5. The maximum Gasteiger partial charge on any atom is 0.274 e. The molecule has 1 saturated heterocycles. The fraction of sp³-hybridized carbons (Fsp3) is 0.233. The van der Waals surface area contributed by atoms with Gasteiger partial charge in [-0.05, 0) is 48.9 Å².